The number of rotatable bonds is 8. The number of fused-ring (bicyclic) bond motifs is 32. The molecule has 656 valence electrons. The van der Waals surface area contributed by atoms with Crippen LogP contribution < -0.4 is 0 Å². The summed E-state index contributed by atoms with van der Waals surface area (Å²) in [4.78, 5) is 0. The lowest BCUT2D eigenvalue weighted by Crippen LogP contribution is -1.92. The first-order valence-electron chi connectivity index (χ1n) is 47.2. The lowest BCUT2D eigenvalue weighted by molar-refractivity contribution is 0.668. The maximum absolute atomic E-state index is 6.41. The first kappa shape index (κ1) is 80.0. The normalized spacial score (nSPS) is 12.0. The van der Waals surface area contributed by atoms with Crippen LogP contribution in [0.3, 0.4) is 0 Å². The molecular weight excluding hydrogens is 1790 g/mol. The number of furan rings is 4. The Balaban J connectivity index is 0.0000000896. The predicted octanol–water partition coefficient (Wildman–Crippen LogP) is 38.3. The second-order valence-electron chi connectivity index (χ2n) is 35.8. The minimum atomic E-state index is 0.931. The molecule has 0 radical (unpaired) electrons. The Kier molecular flexibility index (Phi) is 18.4. The molecule has 12 heterocycles. The third-order valence-electron chi connectivity index (χ3n) is 28.0. The Labute approximate surface area is 815 Å². The first-order valence-corrected chi connectivity index (χ1v) is 50.4. The fraction of sp³-hybridized carbons (Fsp3) is 0. The molecule has 0 unspecified atom stereocenters. The number of hydrogen-bond donors (Lipinski definition) is 0. The quantitative estimate of drug-likeness (QED) is 0.152. The Morgan fingerprint density at radius 3 is 0.864 bits per heavy atom. The minimum absolute atomic E-state index is 0.931. The molecule has 0 bridgehead atoms. The van der Waals surface area contributed by atoms with Crippen LogP contribution in [-0.4, -0.2) is 18.3 Å². The molecule has 0 fully saturated rings. The van der Waals surface area contributed by atoms with Crippen molar-refractivity contribution in [2.75, 3.05) is 0 Å². The highest BCUT2D eigenvalue weighted by Crippen LogP contribution is 2.54. The molecule has 0 N–H and O–H groups in total. The van der Waals surface area contributed by atoms with Gasteiger partial charge in [-0.2, -0.15) is 0 Å². The Morgan fingerprint density at radius 1 is 0.150 bits per heavy atom. The molecule has 8 nitrogen and oxygen atoms in total. The third kappa shape index (κ3) is 12.4. The number of para-hydroxylation sites is 13. The van der Waals surface area contributed by atoms with E-state index in [4.69, 9.17) is 17.7 Å². The summed E-state index contributed by atoms with van der Waals surface area (Å²) in [7, 11) is 0. The van der Waals surface area contributed by atoms with E-state index in [-0.39, 0.29) is 0 Å². The molecule has 0 saturated heterocycles. The van der Waals surface area contributed by atoms with Gasteiger partial charge < -0.3 is 35.9 Å². The number of benzene rings is 20. The number of thiophene rings is 4. The van der Waals surface area contributed by atoms with Gasteiger partial charge in [0.2, 0.25) is 0 Å². The maximum atomic E-state index is 6.41. The van der Waals surface area contributed by atoms with Crippen LogP contribution in [0.25, 0.3) is 280 Å². The first-order chi connectivity index (χ1) is 69.5. The standard InChI is InChI=1S/4C32H19NOS/c1-2-10-20(11-3-1)33-27-18-6-4-13-25(27)32-29(33)26-17-9-16-24(31(26)35-32)23-15-8-14-22-21-12-5-7-19-28(21)34-30(22)23;1-2-10-20(11-3-1)33-26-17-6-4-12-23(26)32-30(33)25-16-8-15-22(31(25)35-32)21-14-9-19-28-29(21)24-13-5-7-18-27(24)34-28;1-2-9-21(10-3-1)33-27-15-6-4-12-25(27)32-30(33)26-14-8-13-22(31(26)35-32)20-17-18-24-23-11-5-7-16-28(23)34-29(24)19-20;1-2-9-21(10-3-1)33-27-15-6-4-12-24(27)32-30(33)25-14-8-13-22(31(25)35-32)20-17-18-29-26(19-20)23-11-5-7-16-28(23)34-29/h4*1-19H. The van der Waals surface area contributed by atoms with Crippen LogP contribution in [0, 0.1) is 0 Å². The molecule has 0 aliphatic heterocycles. The summed E-state index contributed by atoms with van der Waals surface area (Å²) < 4.78 is 45.1. The fourth-order valence-electron chi connectivity index (χ4n) is 22.0. The molecule has 20 aromatic carbocycles. The summed E-state index contributed by atoms with van der Waals surface area (Å²) in [6, 6.07) is 164. The second kappa shape index (κ2) is 32.2. The van der Waals surface area contributed by atoms with E-state index in [0.29, 0.717) is 0 Å². The van der Waals surface area contributed by atoms with Crippen LogP contribution in [0.1, 0.15) is 0 Å². The van der Waals surface area contributed by atoms with Crippen molar-refractivity contribution in [2.24, 2.45) is 0 Å². The number of nitrogens with zero attached hydrogens (tertiary/aromatic N) is 4. The van der Waals surface area contributed by atoms with E-state index in [1.165, 1.54) is 192 Å². The molecule has 0 atom stereocenters. The van der Waals surface area contributed by atoms with Gasteiger partial charge in [0.1, 0.15) is 44.7 Å². The molecule has 0 spiro atoms. The minimum Gasteiger partial charge on any atom is -0.456 e. The summed E-state index contributed by atoms with van der Waals surface area (Å²) in [5.41, 5.74) is 32.1. The van der Waals surface area contributed by atoms with Crippen molar-refractivity contribution < 1.29 is 17.7 Å². The smallest absolute Gasteiger partial charge is 0.143 e. The molecular formula is C128H76N4O4S4. The van der Waals surface area contributed by atoms with Gasteiger partial charge >= 0.3 is 0 Å². The maximum Gasteiger partial charge on any atom is 0.143 e. The predicted molar refractivity (Wildman–Crippen MR) is 596 cm³/mol. The van der Waals surface area contributed by atoms with E-state index in [1.54, 1.807) is 0 Å². The van der Waals surface area contributed by atoms with Gasteiger partial charge in [0.15, 0.2) is 0 Å². The second-order valence-corrected chi connectivity index (χ2v) is 39.9. The summed E-state index contributed by atoms with van der Waals surface area (Å²) in [6.07, 6.45) is 0. The summed E-state index contributed by atoms with van der Waals surface area (Å²) >= 11 is 7.56. The topological polar surface area (TPSA) is 72.3 Å². The van der Waals surface area contributed by atoms with E-state index in [2.05, 4.69) is 431 Å². The zero-order valence-electron chi connectivity index (χ0n) is 74.9. The molecule has 0 amide bonds. The van der Waals surface area contributed by atoms with Gasteiger partial charge in [0, 0.05) is 144 Å². The monoisotopic (exact) mass is 1860 g/mol. The lowest BCUT2D eigenvalue weighted by Gasteiger charge is -2.09. The van der Waals surface area contributed by atoms with Crippen molar-refractivity contribution in [3.8, 4) is 67.3 Å². The Morgan fingerprint density at radius 2 is 0.421 bits per heavy atom. The van der Waals surface area contributed by atoms with Gasteiger partial charge in [-0.15, -0.1) is 45.3 Å². The van der Waals surface area contributed by atoms with Crippen LogP contribution in [0.2, 0.25) is 0 Å². The SMILES string of the molecule is c1ccc(-n2c3ccccc3c3sc4c(-c5ccc6c(c5)oc5ccccc56)cccc4c32)cc1.c1ccc(-n2c3ccccc3c3sc4c(-c5ccc6oc7ccccc7c6c5)cccc4c32)cc1.c1ccc(-n2c3ccccc3c3sc4c(-c5cccc6c5oc5ccccc56)cccc4c32)cc1.c1ccc(-n2c3ccccc3c3sc4c(-c5cccc6oc7ccccc7c56)cccc4c32)cc1. The average molecular weight is 1860 g/mol. The molecule has 32 rings (SSSR count). The van der Waals surface area contributed by atoms with E-state index >= 15 is 0 Å². The Hall–Kier alpha value is -17.4. The Bertz CT molecular complexity index is 10600. The molecule has 0 aliphatic rings. The fourth-order valence-corrected chi connectivity index (χ4v) is 27.4. The summed E-state index contributed by atoms with van der Waals surface area (Å²) in [5.74, 6) is 0. The van der Waals surface area contributed by atoms with E-state index in [1.807, 2.05) is 93.9 Å². The van der Waals surface area contributed by atoms with Gasteiger partial charge in [-0.05, 0) is 155 Å². The number of aromatic nitrogens is 4. The van der Waals surface area contributed by atoms with Crippen LogP contribution in [-0.2, 0) is 0 Å². The molecule has 12 aromatic heterocycles. The molecule has 0 saturated carbocycles. The molecule has 32 aromatic rings. The van der Waals surface area contributed by atoms with Crippen LogP contribution in [0.5, 0.6) is 0 Å². The zero-order chi connectivity index (χ0) is 91.7. The summed E-state index contributed by atoms with van der Waals surface area (Å²) in [5, 5.41) is 19.6. The third-order valence-corrected chi connectivity index (χ3v) is 33.1. The van der Waals surface area contributed by atoms with E-state index in [9.17, 15) is 0 Å². The highest BCUT2D eigenvalue weighted by Gasteiger charge is 2.28. The van der Waals surface area contributed by atoms with Crippen molar-refractivity contribution >= 4 is 258 Å². The summed E-state index contributed by atoms with van der Waals surface area (Å²) in [6.45, 7) is 0. The number of hydrogen-bond acceptors (Lipinski definition) is 8. The van der Waals surface area contributed by atoms with E-state index < -0.39 is 0 Å². The van der Waals surface area contributed by atoms with Gasteiger partial charge in [-0.1, -0.05) is 334 Å². The lowest BCUT2D eigenvalue weighted by atomic mass is 9.98. The zero-order valence-corrected chi connectivity index (χ0v) is 78.2. The highest BCUT2D eigenvalue weighted by atomic mass is 32.1. The molecule has 140 heavy (non-hydrogen) atoms. The van der Waals surface area contributed by atoms with Crippen molar-refractivity contribution in [2.45, 2.75) is 0 Å². The van der Waals surface area contributed by atoms with Gasteiger partial charge in [-0.3, -0.25) is 0 Å². The van der Waals surface area contributed by atoms with Crippen molar-refractivity contribution in [1.29, 1.82) is 0 Å². The van der Waals surface area contributed by atoms with Crippen molar-refractivity contribution in [1.82, 2.24) is 18.3 Å². The van der Waals surface area contributed by atoms with Gasteiger partial charge in [-0.25, -0.2) is 0 Å². The van der Waals surface area contributed by atoms with Crippen LogP contribution in [0.15, 0.2) is 479 Å². The highest BCUT2D eigenvalue weighted by molar-refractivity contribution is 7.28. The van der Waals surface area contributed by atoms with Crippen LogP contribution in [0.4, 0.5) is 0 Å². The average Bonchev–Trinajstić information content (AvgIpc) is 1.57. The van der Waals surface area contributed by atoms with Crippen LogP contribution >= 0.6 is 45.3 Å². The van der Waals surface area contributed by atoms with E-state index in [0.717, 1.165) is 87.9 Å². The van der Waals surface area contributed by atoms with Crippen molar-refractivity contribution in [3.63, 3.8) is 0 Å². The van der Waals surface area contributed by atoms with Crippen molar-refractivity contribution in [3.05, 3.63) is 461 Å². The van der Waals surface area contributed by atoms with Gasteiger partial charge in [0.25, 0.3) is 0 Å². The van der Waals surface area contributed by atoms with Gasteiger partial charge in [0.05, 0.1) is 62.9 Å². The molecule has 12 heteroatoms. The largest absolute Gasteiger partial charge is 0.456 e. The molecule has 0 aliphatic carbocycles.